The molecular formula is C75H127NO10. The molecule has 1 amide bonds. The number of carbonyl (C=O) groups is 2. The van der Waals surface area contributed by atoms with Crippen molar-refractivity contribution in [2.24, 2.45) is 0 Å². The van der Waals surface area contributed by atoms with Gasteiger partial charge in [-0.15, -0.1) is 0 Å². The van der Waals surface area contributed by atoms with E-state index in [-0.39, 0.29) is 19.4 Å². The Balaban J connectivity index is 2.60. The second kappa shape index (κ2) is 61.3. The molecule has 11 nitrogen and oxygen atoms in total. The van der Waals surface area contributed by atoms with Gasteiger partial charge in [-0.25, -0.2) is 0 Å². The number of carbonyl (C=O) groups excluding carboxylic acids is 2. The average molecular weight is 1200 g/mol. The Morgan fingerprint density at radius 3 is 1.28 bits per heavy atom. The highest BCUT2D eigenvalue weighted by atomic mass is 16.7. The zero-order chi connectivity index (χ0) is 62.4. The second-order valence-electron chi connectivity index (χ2n) is 23.5. The van der Waals surface area contributed by atoms with Crippen molar-refractivity contribution in [3.8, 4) is 0 Å². The summed E-state index contributed by atoms with van der Waals surface area (Å²) in [5.41, 5.74) is 0. The van der Waals surface area contributed by atoms with Gasteiger partial charge in [-0.3, -0.25) is 9.59 Å². The maximum Gasteiger partial charge on any atom is 0.306 e. The van der Waals surface area contributed by atoms with E-state index in [1.807, 2.05) is 18.2 Å². The number of aliphatic hydroxyl groups is 5. The highest BCUT2D eigenvalue weighted by Crippen LogP contribution is 2.26. The molecule has 0 saturated carbocycles. The van der Waals surface area contributed by atoms with Crippen LogP contribution < -0.4 is 5.32 Å². The van der Waals surface area contributed by atoms with E-state index in [9.17, 15) is 35.1 Å². The fraction of sp³-hybridized carbons (Fsp3) is 0.707. The molecule has 1 saturated heterocycles. The number of ether oxygens (including phenoxy) is 3. The van der Waals surface area contributed by atoms with Crippen LogP contribution in [0.3, 0.4) is 0 Å². The van der Waals surface area contributed by atoms with Gasteiger partial charge in [-0.2, -0.15) is 0 Å². The predicted octanol–water partition coefficient (Wildman–Crippen LogP) is 17.8. The highest BCUT2D eigenvalue weighted by molar-refractivity contribution is 5.81. The van der Waals surface area contributed by atoms with Gasteiger partial charge in [0, 0.05) is 12.8 Å². The first-order valence-electron chi connectivity index (χ1n) is 34.8. The van der Waals surface area contributed by atoms with Gasteiger partial charge in [0.15, 0.2) is 12.4 Å². The normalized spacial score (nSPS) is 19.1. The SMILES string of the molecule is CC/C=C\C/C=C\C/C=C\C/C=C\C/C=C\C/C=C\CC(O)C(=O)NC(COC1OC(CO)C(O)C(O)C1OC(=O)CCCCCCCCCCCCCCCC/C=C\C/C=C\C/C=C\CCCCC)C(O)/C=C/CCCCCCCCCCCC. The maximum atomic E-state index is 13.4. The van der Waals surface area contributed by atoms with Crippen molar-refractivity contribution >= 4 is 11.9 Å². The number of aliphatic hydroxyl groups excluding tert-OH is 5. The van der Waals surface area contributed by atoms with Crippen molar-refractivity contribution in [2.75, 3.05) is 13.2 Å². The van der Waals surface area contributed by atoms with Crippen LogP contribution in [0.15, 0.2) is 122 Å². The lowest BCUT2D eigenvalue weighted by Gasteiger charge is -2.41. The molecule has 0 aliphatic carbocycles. The minimum Gasteiger partial charge on any atom is -0.454 e. The first-order chi connectivity index (χ1) is 42.2. The van der Waals surface area contributed by atoms with Gasteiger partial charge in [0.25, 0.3) is 0 Å². The van der Waals surface area contributed by atoms with Crippen LogP contribution in [-0.2, 0) is 23.8 Å². The quantitative estimate of drug-likeness (QED) is 0.0195. The standard InChI is InChI=1S/C75H127NO10/c1-4-7-10-13-16-19-22-25-27-29-31-32-33-34-35-36-37-38-39-41-43-45-48-51-54-57-60-63-70(80)86-73-72(82)71(81)69(64-77)85-75(73)84-65-66(67(78)61-58-55-52-49-46-24-21-18-15-12-9-6-3)76-74(83)68(79)62-59-56-53-50-47-44-42-40-30-28-26-23-20-17-14-11-8-5-2/h8,11,16-17,19-20,25-28,31-32,40,42,47,50,56,58-59,61,66-69,71-73,75,77-79,81-82H,4-7,9-10,12-15,18,21-24,29-30,33-39,41,43-46,48-49,51-55,57,60,62-65H2,1-3H3,(H,76,83)/b11-8-,19-16-,20-17-,27-25-,28-26-,32-31-,42-40-,50-47-,59-56-,61-58+. The van der Waals surface area contributed by atoms with Gasteiger partial charge in [0.1, 0.15) is 24.4 Å². The summed E-state index contributed by atoms with van der Waals surface area (Å²) in [4.78, 5) is 26.6. The molecule has 11 heteroatoms. The highest BCUT2D eigenvalue weighted by Gasteiger charge is 2.47. The van der Waals surface area contributed by atoms with Gasteiger partial charge in [-0.1, -0.05) is 290 Å². The van der Waals surface area contributed by atoms with Crippen LogP contribution in [0.5, 0.6) is 0 Å². The van der Waals surface area contributed by atoms with E-state index < -0.39 is 67.4 Å². The molecule has 8 unspecified atom stereocenters. The zero-order valence-electron chi connectivity index (χ0n) is 54.6. The molecule has 1 heterocycles. The molecule has 1 aliphatic rings. The number of unbranched alkanes of at least 4 members (excludes halogenated alkanes) is 27. The monoisotopic (exact) mass is 1200 g/mol. The Bertz CT molecular complexity index is 1860. The molecule has 0 aromatic carbocycles. The van der Waals surface area contributed by atoms with Crippen LogP contribution in [0.1, 0.15) is 278 Å². The Hall–Kier alpha value is -3.94. The largest absolute Gasteiger partial charge is 0.454 e. The summed E-state index contributed by atoms with van der Waals surface area (Å²) < 4.78 is 17.6. The van der Waals surface area contributed by atoms with Crippen molar-refractivity contribution in [2.45, 2.75) is 327 Å². The average Bonchev–Trinajstić information content (AvgIpc) is 3.59. The molecule has 0 aromatic heterocycles. The van der Waals surface area contributed by atoms with Crippen molar-refractivity contribution in [1.82, 2.24) is 5.32 Å². The number of hydrogen-bond donors (Lipinski definition) is 6. The fourth-order valence-electron chi connectivity index (χ4n) is 10.1. The van der Waals surface area contributed by atoms with Gasteiger partial charge in [0.05, 0.1) is 25.4 Å². The smallest absolute Gasteiger partial charge is 0.306 e. The van der Waals surface area contributed by atoms with Gasteiger partial charge in [0.2, 0.25) is 5.91 Å². The van der Waals surface area contributed by atoms with Crippen LogP contribution in [0, 0.1) is 0 Å². The Morgan fingerprint density at radius 2 is 0.837 bits per heavy atom. The first-order valence-corrected chi connectivity index (χ1v) is 34.8. The minimum atomic E-state index is -1.63. The van der Waals surface area contributed by atoms with Crippen molar-refractivity contribution < 1.29 is 49.3 Å². The van der Waals surface area contributed by atoms with Crippen LogP contribution in [0.25, 0.3) is 0 Å². The number of amides is 1. The lowest BCUT2D eigenvalue weighted by Crippen LogP contribution is -2.61. The maximum absolute atomic E-state index is 13.4. The van der Waals surface area contributed by atoms with Gasteiger partial charge >= 0.3 is 5.97 Å². The zero-order valence-corrected chi connectivity index (χ0v) is 54.6. The molecule has 1 fully saturated rings. The van der Waals surface area contributed by atoms with E-state index >= 15 is 0 Å². The summed E-state index contributed by atoms with van der Waals surface area (Å²) in [6, 6.07) is -1.07. The van der Waals surface area contributed by atoms with E-state index in [0.29, 0.717) is 12.8 Å². The molecule has 0 aromatic rings. The topological polar surface area (TPSA) is 175 Å². The molecular weight excluding hydrogens is 1070 g/mol. The van der Waals surface area contributed by atoms with Crippen molar-refractivity contribution in [1.29, 1.82) is 0 Å². The summed E-state index contributed by atoms with van der Waals surface area (Å²) in [7, 11) is 0. The number of esters is 1. The third-order valence-corrected chi connectivity index (χ3v) is 15.6. The first kappa shape index (κ1) is 80.1. The molecule has 0 bridgehead atoms. The van der Waals surface area contributed by atoms with E-state index in [1.165, 1.54) is 141 Å². The van der Waals surface area contributed by atoms with Gasteiger partial charge in [-0.05, 0) is 96.3 Å². The summed E-state index contributed by atoms with van der Waals surface area (Å²) in [5, 5.41) is 57.0. The van der Waals surface area contributed by atoms with E-state index in [2.05, 4.69) is 117 Å². The van der Waals surface area contributed by atoms with E-state index in [4.69, 9.17) is 14.2 Å². The summed E-state index contributed by atoms with van der Waals surface area (Å²) in [6.07, 6.45) is 75.5. The summed E-state index contributed by atoms with van der Waals surface area (Å²) >= 11 is 0. The van der Waals surface area contributed by atoms with Crippen LogP contribution in [-0.4, -0.2) is 99.6 Å². The molecule has 6 N–H and O–H groups in total. The van der Waals surface area contributed by atoms with Gasteiger partial charge < -0.3 is 45.1 Å². The van der Waals surface area contributed by atoms with E-state index in [0.717, 1.165) is 89.9 Å². The molecule has 1 aliphatic heterocycles. The summed E-state index contributed by atoms with van der Waals surface area (Å²) in [6.45, 7) is 5.61. The lowest BCUT2D eigenvalue weighted by atomic mass is 9.99. The Labute approximate surface area is 525 Å². The number of rotatable bonds is 58. The van der Waals surface area contributed by atoms with Crippen molar-refractivity contribution in [3.05, 3.63) is 122 Å². The second-order valence-corrected chi connectivity index (χ2v) is 23.5. The van der Waals surface area contributed by atoms with Crippen LogP contribution in [0.2, 0.25) is 0 Å². The Morgan fingerprint density at radius 1 is 0.465 bits per heavy atom. The number of hydrogen-bond acceptors (Lipinski definition) is 10. The number of nitrogens with one attached hydrogen (secondary N) is 1. The number of allylic oxidation sites excluding steroid dienone is 18. The predicted molar refractivity (Wildman–Crippen MR) is 361 cm³/mol. The molecule has 0 radical (unpaired) electrons. The fourth-order valence-corrected chi connectivity index (χ4v) is 10.1. The molecule has 8 atom stereocenters. The van der Waals surface area contributed by atoms with Crippen LogP contribution >= 0.6 is 0 Å². The minimum absolute atomic E-state index is 0.0530. The van der Waals surface area contributed by atoms with Crippen molar-refractivity contribution in [3.63, 3.8) is 0 Å². The molecule has 492 valence electrons. The third-order valence-electron chi connectivity index (χ3n) is 15.6. The van der Waals surface area contributed by atoms with Crippen LogP contribution in [0.4, 0.5) is 0 Å². The summed E-state index contributed by atoms with van der Waals surface area (Å²) in [5.74, 6) is -1.29. The van der Waals surface area contributed by atoms with E-state index in [1.54, 1.807) is 12.2 Å². The molecule has 0 spiro atoms. The third kappa shape index (κ3) is 48.0. The molecule has 1 rings (SSSR count). The Kier molecular flexibility index (Phi) is 57.1. The lowest BCUT2D eigenvalue weighted by molar-refractivity contribution is -0.305. The molecule has 86 heavy (non-hydrogen) atoms.